The van der Waals surface area contributed by atoms with Crippen molar-refractivity contribution in [2.75, 3.05) is 0 Å². The van der Waals surface area contributed by atoms with Gasteiger partial charge in [-0.3, -0.25) is 4.79 Å². The predicted octanol–water partition coefficient (Wildman–Crippen LogP) is 1.81. The molecule has 4 heteroatoms. The summed E-state index contributed by atoms with van der Waals surface area (Å²) in [5.41, 5.74) is 6.11. The van der Waals surface area contributed by atoms with Crippen LogP contribution in [0.1, 0.15) is 12.5 Å². The summed E-state index contributed by atoms with van der Waals surface area (Å²) < 4.78 is 5.49. The van der Waals surface area contributed by atoms with E-state index in [0.717, 1.165) is 16.3 Å². The first kappa shape index (κ1) is 11.7. The van der Waals surface area contributed by atoms with Gasteiger partial charge in [-0.1, -0.05) is 30.3 Å². The van der Waals surface area contributed by atoms with E-state index < -0.39 is 11.7 Å². The number of nitrogens with two attached hydrogens (primary N) is 1. The van der Waals surface area contributed by atoms with Gasteiger partial charge in [0.1, 0.15) is 5.75 Å². The maximum Gasteiger partial charge on any atom is 0.251 e. The Kier molecular flexibility index (Phi) is 2.37. The van der Waals surface area contributed by atoms with Crippen LogP contribution in [0.2, 0.25) is 0 Å². The molecule has 0 spiro atoms. The third-order valence-corrected chi connectivity index (χ3v) is 3.29. The molecule has 0 aromatic heterocycles. The predicted molar refractivity (Wildman–Crippen MR) is 72.4 cm³/mol. The highest BCUT2D eigenvalue weighted by atomic mass is 16.6. The molecule has 0 fully saturated rings. The quantitative estimate of drug-likeness (QED) is 0.816. The van der Waals surface area contributed by atoms with E-state index in [2.05, 4.69) is 0 Å². The second-order valence-electron chi connectivity index (χ2n) is 4.71. The first-order chi connectivity index (χ1) is 8.99. The molecule has 1 atom stereocenters. The Balaban J connectivity index is 2.33. The zero-order valence-electron chi connectivity index (χ0n) is 10.4. The molecule has 0 aliphatic carbocycles. The lowest BCUT2D eigenvalue weighted by Gasteiger charge is -2.31. The molecule has 1 aliphatic rings. The number of aliphatic hydroxyl groups is 1. The van der Waals surface area contributed by atoms with Crippen LogP contribution in [0.25, 0.3) is 16.8 Å². The Morgan fingerprint density at radius 2 is 2.00 bits per heavy atom. The summed E-state index contributed by atoms with van der Waals surface area (Å²) >= 11 is 0. The van der Waals surface area contributed by atoms with Gasteiger partial charge in [0.05, 0.1) is 5.57 Å². The van der Waals surface area contributed by atoms with Crippen LogP contribution in [0, 0.1) is 0 Å². The van der Waals surface area contributed by atoms with E-state index in [4.69, 9.17) is 10.5 Å². The Morgan fingerprint density at radius 1 is 1.26 bits per heavy atom. The molecule has 0 saturated heterocycles. The molecule has 0 bridgehead atoms. The first-order valence-corrected chi connectivity index (χ1v) is 5.94. The van der Waals surface area contributed by atoms with Crippen LogP contribution >= 0.6 is 0 Å². The largest absolute Gasteiger partial charge is 0.458 e. The van der Waals surface area contributed by atoms with Gasteiger partial charge in [-0.05, 0) is 22.9 Å². The molecule has 0 radical (unpaired) electrons. The molecule has 2 aromatic carbocycles. The summed E-state index contributed by atoms with van der Waals surface area (Å²) in [6.07, 6.45) is 1.60. The van der Waals surface area contributed by atoms with Gasteiger partial charge >= 0.3 is 0 Å². The van der Waals surface area contributed by atoms with Gasteiger partial charge < -0.3 is 15.6 Å². The summed E-state index contributed by atoms with van der Waals surface area (Å²) in [5.74, 6) is -1.85. The van der Waals surface area contributed by atoms with Crippen LogP contribution in [0.4, 0.5) is 0 Å². The number of carbonyl (C=O) groups excluding carboxylic acids is 1. The number of carbonyl (C=O) groups is 1. The lowest BCUT2D eigenvalue weighted by Crippen LogP contribution is -2.41. The molecule has 1 unspecified atom stereocenters. The molecule has 96 valence electrons. The van der Waals surface area contributed by atoms with Gasteiger partial charge in [-0.25, -0.2) is 0 Å². The molecule has 2 aromatic rings. The number of rotatable bonds is 1. The van der Waals surface area contributed by atoms with Crippen LogP contribution in [0.15, 0.2) is 42.0 Å². The van der Waals surface area contributed by atoms with Crippen LogP contribution < -0.4 is 10.5 Å². The van der Waals surface area contributed by atoms with Crippen LogP contribution in [0.3, 0.4) is 0 Å². The minimum Gasteiger partial charge on any atom is -0.458 e. The van der Waals surface area contributed by atoms with Crippen LogP contribution in [-0.4, -0.2) is 16.8 Å². The Morgan fingerprint density at radius 3 is 2.74 bits per heavy atom. The normalized spacial score (nSPS) is 21.5. The Labute approximate surface area is 110 Å². The molecule has 1 amide bonds. The van der Waals surface area contributed by atoms with Crippen molar-refractivity contribution in [1.29, 1.82) is 0 Å². The fourth-order valence-electron chi connectivity index (χ4n) is 2.36. The van der Waals surface area contributed by atoms with E-state index >= 15 is 0 Å². The van der Waals surface area contributed by atoms with E-state index in [0.29, 0.717) is 5.75 Å². The van der Waals surface area contributed by atoms with E-state index in [1.54, 1.807) is 12.1 Å². The summed E-state index contributed by atoms with van der Waals surface area (Å²) in [6.45, 7) is 1.40. The van der Waals surface area contributed by atoms with Crippen molar-refractivity contribution < 1.29 is 14.6 Å². The number of hydrogen-bond acceptors (Lipinski definition) is 3. The van der Waals surface area contributed by atoms with Crippen molar-refractivity contribution in [3.05, 3.63) is 47.5 Å². The second kappa shape index (κ2) is 3.83. The van der Waals surface area contributed by atoms with Gasteiger partial charge in [0, 0.05) is 12.5 Å². The molecule has 0 saturated carbocycles. The summed E-state index contributed by atoms with van der Waals surface area (Å²) in [7, 11) is 0. The van der Waals surface area contributed by atoms with E-state index in [-0.39, 0.29) is 5.57 Å². The minimum atomic E-state index is -1.69. The average molecular weight is 255 g/mol. The van der Waals surface area contributed by atoms with E-state index in [9.17, 15) is 9.90 Å². The van der Waals surface area contributed by atoms with Crippen molar-refractivity contribution in [3.63, 3.8) is 0 Å². The van der Waals surface area contributed by atoms with Crippen molar-refractivity contribution in [3.8, 4) is 5.75 Å². The molecule has 3 rings (SSSR count). The number of ether oxygens (including phenoxy) is 1. The summed E-state index contributed by atoms with van der Waals surface area (Å²) in [4.78, 5) is 11.4. The zero-order chi connectivity index (χ0) is 13.6. The number of benzene rings is 2. The lowest BCUT2D eigenvalue weighted by molar-refractivity contribution is -0.126. The Hall–Kier alpha value is -2.33. The number of hydrogen-bond donors (Lipinski definition) is 2. The van der Waals surface area contributed by atoms with E-state index in [1.165, 1.54) is 6.92 Å². The fourth-order valence-corrected chi connectivity index (χ4v) is 2.36. The maximum absolute atomic E-state index is 11.4. The molecule has 4 nitrogen and oxygen atoms in total. The maximum atomic E-state index is 11.4. The fraction of sp³-hybridized carbons (Fsp3) is 0.133. The van der Waals surface area contributed by atoms with Gasteiger partial charge in [-0.2, -0.15) is 0 Å². The third-order valence-electron chi connectivity index (χ3n) is 3.29. The molecule has 3 N–H and O–H groups in total. The Bertz CT molecular complexity index is 716. The van der Waals surface area contributed by atoms with Crippen molar-refractivity contribution in [2.45, 2.75) is 12.7 Å². The summed E-state index contributed by atoms with van der Waals surface area (Å²) in [6, 6.07) is 11.4. The topological polar surface area (TPSA) is 72.6 Å². The van der Waals surface area contributed by atoms with Gasteiger partial charge in [0.2, 0.25) is 5.79 Å². The van der Waals surface area contributed by atoms with E-state index in [1.807, 2.05) is 30.3 Å². The van der Waals surface area contributed by atoms with Crippen molar-refractivity contribution in [2.24, 2.45) is 5.73 Å². The van der Waals surface area contributed by atoms with Gasteiger partial charge in [-0.15, -0.1) is 0 Å². The first-order valence-electron chi connectivity index (χ1n) is 5.94. The zero-order valence-corrected chi connectivity index (χ0v) is 10.4. The van der Waals surface area contributed by atoms with Crippen molar-refractivity contribution >= 4 is 22.8 Å². The second-order valence-corrected chi connectivity index (χ2v) is 4.71. The smallest absolute Gasteiger partial charge is 0.251 e. The number of fused-ring (bicyclic) bond motifs is 3. The highest BCUT2D eigenvalue weighted by molar-refractivity contribution is 6.03. The molecule has 1 heterocycles. The number of primary amides is 1. The van der Waals surface area contributed by atoms with Gasteiger partial charge in [0.25, 0.3) is 5.91 Å². The molecule has 1 aliphatic heterocycles. The summed E-state index contributed by atoms with van der Waals surface area (Å²) in [5, 5.41) is 12.1. The van der Waals surface area contributed by atoms with Crippen molar-refractivity contribution in [1.82, 2.24) is 0 Å². The van der Waals surface area contributed by atoms with Crippen LogP contribution in [-0.2, 0) is 4.79 Å². The number of amides is 1. The minimum absolute atomic E-state index is 0.0522. The highest BCUT2D eigenvalue weighted by Gasteiger charge is 2.36. The molecular formula is C15H13NO3. The van der Waals surface area contributed by atoms with Gasteiger partial charge in [0.15, 0.2) is 0 Å². The van der Waals surface area contributed by atoms with Crippen LogP contribution in [0.5, 0.6) is 5.75 Å². The lowest BCUT2D eigenvalue weighted by atomic mass is 9.95. The molecule has 19 heavy (non-hydrogen) atoms. The molecular weight excluding hydrogens is 242 g/mol. The standard InChI is InChI=1S/C15H13NO3/c1-15(18)12(14(16)17)8-11-10-5-3-2-4-9(10)6-7-13(11)19-15/h2-8,18H,1H3,(H2,16,17). The highest BCUT2D eigenvalue weighted by Crippen LogP contribution is 2.38. The average Bonchev–Trinajstić information content (AvgIpc) is 2.36. The SMILES string of the molecule is CC1(O)Oc2ccc3ccccc3c2C=C1C(N)=O. The monoisotopic (exact) mass is 255 g/mol. The third kappa shape index (κ3) is 1.77.